The first-order valence-corrected chi connectivity index (χ1v) is 5.96. The summed E-state index contributed by atoms with van der Waals surface area (Å²) >= 11 is 4.92. The molecule has 0 spiro atoms. The van der Waals surface area contributed by atoms with E-state index in [-0.39, 0.29) is 5.78 Å². The highest BCUT2D eigenvalue weighted by molar-refractivity contribution is 9.11. The van der Waals surface area contributed by atoms with Crippen LogP contribution >= 0.6 is 27.3 Å². The molecule has 0 atom stereocenters. The van der Waals surface area contributed by atoms with E-state index in [9.17, 15) is 4.79 Å². The van der Waals surface area contributed by atoms with Gasteiger partial charge in [0.05, 0.1) is 21.3 Å². The molecule has 0 aliphatic heterocycles. The molecule has 0 radical (unpaired) electrons. The first-order valence-electron chi connectivity index (χ1n) is 4.35. The monoisotopic (exact) mass is 285 g/mol. The van der Waals surface area contributed by atoms with Crippen LogP contribution in [0.3, 0.4) is 0 Å². The molecule has 0 amide bonds. The number of aromatic nitrogens is 1. The van der Waals surface area contributed by atoms with Crippen LogP contribution in [0.15, 0.2) is 26.5 Å². The second-order valence-electron chi connectivity index (χ2n) is 3.11. The van der Waals surface area contributed by atoms with Crippen molar-refractivity contribution in [3.05, 3.63) is 27.9 Å². The van der Waals surface area contributed by atoms with E-state index in [1.54, 1.807) is 17.5 Å². The molecule has 2 rings (SSSR count). The molecule has 0 saturated carbocycles. The number of hydrogen-bond donors (Lipinski definition) is 0. The molecule has 0 aliphatic rings. The summed E-state index contributed by atoms with van der Waals surface area (Å²) in [5.41, 5.74) is 0. The Bertz CT molecular complexity index is 489. The SMILES string of the molecule is CC(=O)Cc1cnc(-c2ccc(Br)s2)o1. The van der Waals surface area contributed by atoms with Gasteiger partial charge in [-0.15, -0.1) is 11.3 Å². The Balaban J connectivity index is 2.23. The number of carbonyl (C=O) groups is 1. The lowest BCUT2D eigenvalue weighted by Gasteiger charge is -1.89. The Morgan fingerprint density at radius 3 is 3.00 bits per heavy atom. The summed E-state index contributed by atoms with van der Waals surface area (Å²) in [6, 6.07) is 3.87. The summed E-state index contributed by atoms with van der Waals surface area (Å²) in [5, 5.41) is 0. The molecule has 5 heteroatoms. The fourth-order valence-electron chi connectivity index (χ4n) is 1.18. The van der Waals surface area contributed by atoms with Crippen LogP contribution in [0.2, 0.25) is 0 Å². The van der Waals surface area contributed by atoms with Gasteiger partial charge in [-0.3, -0.25) is 4.79 Å². The molecule has 0 saturated heterocycles. The number of halogens is 1. The Kier molecular flexibility index (Phi) is 3.02. The molecule has 0 aromatic carbocycles. The van der Waals surface area contributed by atoms with Crippen molar-refractivity contribution in [2.45, 2.75) is 13.3 Å². The minimum Gasteiger partial charge on any atom is -0.440 e. The van der Waals surface area contributed by atoms with Crippen molar-refractivity contribution >= 4 is 33.0 Å². The molecule has 0 bridgehead atoms. The number of hydrogen-bond acceptors (Lipinski definition) is 4. The van der Waals surface area contributed by atoms with Crippen LogP contribution in [0.1, 0.15) is 12.7 Å². The zero-order chi connectivity index (χ0) is 10.8. The van der Waals surface area contributed by atoms with E-state index in [4.69, 9.17) is 4.42 Å². The Morgan fingerprint density at radius 1 is 1.60 bits per heavy atom. The van der Waals surface area contributed by atoms with Crippen LogP contribution in [0, 0.1) is 0 Å². The number of thiophene rings is 1. The summed E-state index contributed by atoms with van der Waals surface area (Å²) in [6.07, 6.45) is 1.91. The van der Waals surface area contributed by atoms with Gasteiger partial charge in [0.25, 0.3) is 0 Å². The number of oxazole rings is 1. The quantitative estimate of drug-likeness (QED) is 0.869. The van der Waals surface area contributed by atoms with Crippen LogP contribution < -0.4 is 0 Å². The predicted octanol–water partition coefficient (Wildman–Crippen LogP) is 3.30. The minimum absolute atomic E-state index is 0.0741. The van der Waals surface area contributed by atoms with Crippen LogP contribution in [0.4, 0.5) is 0 Å². The molecular weight excluding hydrogens is 278 g/mol. The predicted molar refractivity (Wildman–Crippen MR) is 61.9 cm³/mol. The van der Waals surface area contributed by atoms with Gasteiger partial charge in [0.15, 0.2) is 0 Å². The summed E-state index contributed by atoms with van der Waals surface area (Å²) in [4.78, 5) is 15.9. The van der Waals surface area contributed by atoms with E-state index >= 15 is 0 Å². The summed E-state index contributed by atoms with van der Waals surface area (Å²) < 4.78 is 6.48. The molecule has 0 unspecified atom stereocenters. The van der Waals surface area contributed by atoms with Gasteiger partial charge in [0.2, 0.25) is 5.89 Å². The van der Waals surface area contributed by atoms with Gasteiger partial charge < -0.3 is 4.42 Å². The van der Waals surface area contributed by atoms with Gasteiger partial charge in [-0.05, 0) is 35.0 Å². The van der Waals surface area contributed by atoms with E-state index < -0.39 is 0 Å². The van der Waals surface area contributed by atoms with Gasteiger partial charge >= 0.3 is 0 Å². The zero-order valence-electron chi connectivity index (χ0n) is 7.99. The topological polar surface area (TPSA) is 43.1 Å². The van der Waals surface area contributed by atoms with Crippen LogP contribution in [-0.2, 0) is 11.2 Å². The highest BCUT2D eigenvalue weighted by Gasteiger charge is 2.09. The third kappa shape index (κ3) is 2.54. The first-order chi connectivity index (χ1) is 7.15. The molecule has 2 heterocycles. The third-order valence-electron chi connectivity index (χ3n) is 1.76. The number of carbonyl (C=O) groups excluding carboxylic acids is 1. The van der Waals surface area contributed by atoms with Crippen molar-refractivity contribution in [2.24, 2.45) is 0 Å². The van der Waals surface area contributed by atoms with Crippen molar-refractivity contribution in [1.82, 2.24) is 4.98 Å². The van der Waals surface area contributed by atoms with E-state index in [1.807, 2.05) is 12.1 Å². The molecule has 78 valence electrons. The highest BCUT2D eigenvalue weighted by atomic mass is 79.9. The third-order valence-corrected chi connectivity index (χ3v) is 3.37. The number of nitrogens with zero attached hydrogens (tertiary/aromatic N) is 1. The second-order valence-corrected chi connectivity index (χ2v) is 5.58. The fourth-order valence-corrected chi connectivity index (χ4v) is 2.50. The molecule has 0 fully saturated rings. The van der Waals surface area contributed by atoms with Gasteiger partial charge in [-0.1, -0.05) is 0 Å². The number of ketones is 1. The molecule has 0 N–H and O–H groups in total. The maximum absolute atomic E-state index is 10.9. The zero-order valence-corrected chi connectivity index (χ0v) is 10.4. The number of rotatable bonds is 3. The van der Waals surface area contributed by atoms with Crippen molar-refractivity contribution < 1.29 is 9.21 Å². The minimum atomic E-state index is 0.0741. The lowest BCUT2D eigenvalue weighted by molar-refractivity contribution is -0.116. The van der Waals surface area contributed by atoms with Crippen molar-refractivity contribution in [3.63, 3.8) is 0 Å². The smallest absolute Gasteiger partial charge is 0.236 e. The summed E-state index contributed by atoms with van der Waals surface area (Å²) in [6.45, 7) is 1.53. The Hall–Kier alpha value is -0.940. The molecule has 0 aliphatic carbocycles. The van der Waals surface area contributed by atoms with Crippen molar-refractivity contribution in [1.29, 1.82) is 0 Å². The van der Waals surface area contributed by atoms with E-state index in [1.165, 1.54) is 6.92 Å². The van der Waals surface area contributed by atoms with E-state index in [0.29, 0.717) is 18.1 Å². The summed E-state index contributed by atoms with van der Waals surface area (Å²) in [5.74, 6) is 1.26. The van der Waals surface area contributed by atoms with Crippen LogP contribution in [-0.4, -0.2) is 10.8 Å². The van der Waals surface area contributed by atoms with Gasteiger partial charge in [0, 0.05) is 0 Å². The maximum Gasteiger partial charge on any atom is 0.236 e. The molecule has 2 aromatic rings. The molecular formula is C10H8BrNO2S. The average molecular weight is 286 g/mol. The normalized spacial score (nSPS) is 10.5. The van der Waals surface area contributed by atoms with E-state index in [2.05, 4.69) is 20.9 Å². The Morgan fingerprint density at radius 2 is 2.40 bits per heavy atom. The standard InChI is InChI=1S/C10H8BrNO2S/c1-6(13)4-7-5-12-10(14-7)8-2-3-9(11)15-8/h2-3,5H,4H2,1H3. The fraction of sp³-hybridized carbons (Fsp3) is 0.200. The average Bonchev–Trinajstić information content (AvgIpc) is 2.72. The largest absolute Gasteiger partial charge is 0.440 e. The van der Waals surface area contributed by atoms with Crippen molar-refractivity contribution in [2.75, 3.05) is 0 Å². The van der Waals surface area contributed by atoms with Gasteiger partial charge in [0.1, 0.15) is 11.5 Å². The first kappa shape index (κ1) is 10.6. The molecule has 2 aromatic heterocycles. The van der Waals surface area contributed by atoms with E-state index in [0.717, 1.165) is 8.66 Å². The van der Waals surface area contributed by atoms with Gasteiger partial charge in [-0.2, -0.15) is 0 Å². The van der Waals surface area contributed by atoms with Crippen LogP contribution in [0.5, 0.6) is 0 Å². The molecule has 3 nitrogen and oxygen atoms in total. The lowest BCUT2D eigenvalue weighted by atomic mass is 10.3. The summed E-state index contributed by atoms with van der Waals surface area (Å²) in [7, 11) is 0. The second kappa shape index (κ2) is 4.28. The van der Waals surface area contributed by atoms with Gasteiger partial charge in [-0.25, -0.2) is 4.98 Å². The maximum atomic E-state index is 10.9. The van der Waals surface area contributed by atoms with Crippen LogP contribution in [0.25, 0.3) is 10.8 Å². The lowest BCUT2D eigenvalue weighted by Crippen LogP contribution is -1.93. The highest BCUT2D eigenvalue weighted by Crippen LogP contribution is 2.30. The number of Topliss-reactive ketones (excluding diaryl/α,β-unsaturated/α-hetero) is 1. The van der Waals surface area contributed by atoms with Crippen molar-refractivity contribution in [3.8, 4) is 10.8 Å². The Labute approximate surface area is 99.3 Å². The molecule has 15 heavy (non-hydrogen) atoms.